The van der Waals surface area contributed by atoms with Gasteiger partial charge in [0.15, 0.2) is 0 Å². The molecule has 0 spiro atoms. The van der Waals surface area contributed by atoms with Gasteiger partial charge in [-0.15, -0.1) is 11.3 Å². The molecule has 3 aromatic rings. The van der Waals surface area contributed by atoms with Crippen LogP contribution in [0.25, 0.3) is 11.0 Å². The van der Waals surface area contributed by atoms with Gasteiger partial charge in [0.1, 0.15) is 16.7 Å². The number of aromatic amines is 1. The van der Waals surface area contributed by atoms with Crippen LogP contribution in [0.5, 0.6) is 0 Å². The molecule has 0 aromatic carbocycles. The van der Waals surface area contributed by atoms with Crippen molar-refractivity contribution < 1.29 is 0 Å². The van der Waals surface area contributed by atoms with Crippen LogP contribution in [0.1, 0.15) is 28.0 Å². The summed E-state index contributed by atoms with van der Waals surface area (Å²) in [6.45, 7) is 0. The van der Waals surface area contributed by atoms with Crippen LogP contribution in [-0.2, 0) is 12.8 Å². The molecule has 1 aliphatic carbocycles. The minimum Gasteiger partial charge on any atom is -0.345 e. The summed E-state index contributed by atoms with van der Waals surface area (Å²) in [6.07, 6.45) is 8.74. The van der Waals surface area contributed by atoms with Gasteiger partial charge in [-0.05, 0) is 37.0 Å². The fourth-order valence-electron chi connectivity index (χ4n) is 2.81. The number of hydrogen-bond acceptors (Lipinski definition) is 4. The number of aromatic nitrogens is 2. The first kappa shape index (κ1) is 12.3. The zero-order valence-corrected chi connectivity index (χ0v) is 12.1. The van der Waals surface area contributed by atoms with E-state index < -0.39 is 0 Å². The van der Waals surface area contributed by atoms with Crippen LogP contribution in [0.15, 0.2) is 29.5 Å². The highest BCUT2D eigenvalue weighted by Crippen LogP contribution is 2.40. The largest absolute Gasteiger partial charge is 0.345 e. The maximum atomic E-state index is 9.37. The number of H-pyrrole nitrogens is 1. The van der Waals surface area contributed by atoms with Gasteiger partial charge < -0.3 is 4.98 Å². The Labute approximate surface area is 125 Å². The van der Waals surface area contributed by atoms with Crippen LogP contribution >= 0.6 is 11.3 Å². The second-order valence-corrected chi connectivity index (χ2v) is 6.13. The molecule has 0 saturated heterocycles. The topological polar surface area (TPSA) is 64.8 Å². The summed E-state index contributed by atoms with van der Waals surface area (Å²) >= 11 is 1.65. The summed E-state index contributed by atoms with van der Waals surface area (Å²) in [7, 11) is 0. The summed E-state index contributed by atoms with van der Waals surface area (Å²) in [4.78, 5) is 13.3. The highest BCUT2D eigenvalue weighted by molar-refractivity contribution is 7.16. The third kappa shape index (κ3) is 1.96. The average Bonchev–Trinajstić information content (AvgIpc) is 3.18. The maximum Gasteiger partial charge on any atom is 0.137 e. The first-order valence-corrected chi connectivity index (χ1v) is 7.69. The van der Waals surface area contributed by atoms with Gasteiger partial charge in [0, 0.05) is 34.4 Å². The van der Waals surface area contributed by atoms with Crippen molar-refractivity contribution in [1.82, 2.24) is 9.97 Å². The molecular weight excluding hydrogens is 280 g/mol. The van der Waals surface area contributed by atoms with Crippen molar-refractivity contribution >= 4 is 33.6 Å². The Morgan fingerprint density at radius 2 is 2.38 bits per heavy atom. The van der Waals surface area contributed by atoms with E-state index >= 15 is 0 Å². The van der Waals surface area contributed by atoms with E-state index in [-0.39, 0.29) is 0 Å². The van der Waals surface area contributed by atoms with Gasteiger partial charge in [0.25, 0.3) is 0 Å². The Hall–Kier alpha value is -2.45. The van der Waals surface area contributed by atoms with Gasteiger partial charge in [-0.3, -0.25) is 0 Å². The highest BCUT2D eigenvalue weighted by Gasteiger charge is 2.21. The van der Waals surface area contributed by atoms with E-state index in [0.717, 1.165) is 46.4 Å². The number of fused-ring (bicyclic) bond motifs is 2. The number of aryl methyl sites for hydroxylation is 1. The Bertz CT molecular complexity index is 895. The first-order valence-electron chi connectivity index (χ1n) is 6.87. The maximum absolute atomic E-state index is 9.37. The summed E-state index contributed by atoms with van der Waals surface area (Å²) in [5.74, 6) is 0. The summed E-state index contributed by atoms with van der Waals surface area (Å²) in [6, 6.07) is 6.24. The van der Waals surface area contributed by atoms with E-state index in [4.69, 9.17) is 0 Å². The Balaban J connectivity index is 1.75. The molecule has 21 heavy (non-hydrogen) atoms. The zero-order valence-electron chi connectivity index (χ0n) is 11.3. The van der Waals surface area contributed by atoms with Crippen LogP contribution in [0, 0.1) is 11.3 Å². The quantitative estimate of drug-likeness (QED) is 0.731. The smallest absolute Gasteiger partial charge is 0.137 e. The standard InChI is InChI=1S/C16H12N4S/c17-7-13-12-3-1-5-14(12)21-16(13)20-9-10-8-19-15-11(10)4-2-6-18-15/h2,4,6,8-9H,1,3,5H2,(H,18,19). The highest BCUT2D eigenvalue weighted by atomic mass is 32.1. The van der Waals surface area contributed by atoms with Gasteiger partial charge in [0.05, 0.1) is 5.56 Å². The molecule has 102 valence electrons. The predicted molar refractivity (Wildman–Crippen MR) is 84.4 cm³/mol. The van der Waals surface area contributed by atoms with Gasteiger partial charge in [-0.2, -0.15) is 5.26 Å². The van der Waals surface area contributed by atoms with E-state index in [9.17, 15) is 5.26 Å². The van der Waals surface area contributed by atoms with Crippen molar-refractivity contribution in [1.29, 1.82) is 5.26 Å². The van der Waals surface area contributed by atoms with Crippen molar-refractivity contribution in [3.8, 4) is 6.07 Å². The molecule has 0 atom stereocenters. The molecule has 3 heterocycles. The molecule has 3 aromatic heterocycles. The van der Waals surface area contributed by atoms with Gasteiger partial charge in [0.2, 0.25) is 0 Å². The van der Waals surface area contributed by atoms with E-state index in [0.29, 0.717) is 0 Å². The minimum absolute atomic E-state index is 0.765. The van der Waals surface area contributed by atoms with Crippen LogP contribution < -0.4 is 0 Å². The minimum atomic E-state index is 0.765. The van der Waals surface area contributed by atoms with Gasteiger partial charge in [-0.25, -0.2) is 9.98 Å². The fraction of sp³-hybridized carbons (Fsp3) is 0.188. The second-order valence-electron chi connectivity index (χ2n) is 5.05. The number of aliphatic imine (C=N–C) groups is 1. The second kappa shape index (κ2) is 4.83. The number of rotatable bonds is 2. The van der Waals surface area contributed by atoms with Crippen molar-refractivity contribution in [2.24, 2.45) is 4.99 Å². The third-order valence-corrected chi connectivity index (χ3v) is 5.02. The molecular formula is C16H12N4S. The van der Waals surface area contributed by atoms with E-state index in [1.165, 1.54) is 10.4 Å². The van der Waals surface area contributed by atoms with E-state index in [2.05, 4.69) is 21.0 Å². The molecule has 0 unspecified atom stereocenters. The molecule has 0 saturated carbocycles. The number of nitriles is 1. The van der Waals surface area contributed by atoms with Crippen LogP contribution in [-0.4, -0.2) is 16.2 Å². The Morgan fingerprint density at radius 1 is 1.43 bits per heavy atom. The van der Waals surface area contributed by atoms with E-state index in [1.54, 1.807) is 17.5 Å². The normalized spacial score (nSPS) is 13.9. The van der Waals surface area contributed by atoms with Crippen molar-refractivity contribution in [3.63, 3.8) is 0 Å². The first-order chi connectivity index (χ1) is 10.4. The molecule has 0 aliphatic heterocycles. The number of nitrogens with one attached hydrogen (secondary N) is 1. The summed E-state index contributed by atoms with van der Waals surface area (Å²) < 4.78 is 0. The van der Waals surface area contributed by atoms with Crippen LogP contribution in [0.3, 0.4) is 0 Å². The number of nitrogens with zero attached hydrogens (tertiary/aromatic N) is 3. The van der Waals surface area contributed by atoms with Crippen LogP contribution in [0.4, 0.5) is 5.00 Å². The van der Waals surface area contributed by atoms with Crippen molar-refractivity contribution in [3.05, 3.63) is 46.1 Å². The Morgan fingerprint density at radius 3 is 3.29 bits per heavy atom. The lowest BCUT2D eigenvalue weighted by atomic mass is 10.1. The fourth-order valence-corrected chi connectivity index (χ4v) is 3.99. The SMILES string of the molecule is N#Cc1c(N=Cc2c[nH]c3ncccc23)sc2c1CCC2. The predicted octanol–water partition coefficient (Wildman–Crippen LogP) is 3.74. The third-order valence-electron chi connectivity index (χ3n) is 3.82. The summed E-state index contributed by atoms with van der Waals surface area (Å²) in [5, 5.41) is 11.2. The van der Waals surface area contributed by atoms with Crippen molar-refractivity contribution in [2.45, 2.75) is 19.3 Å². The van der Waals surface area contributed by atoms with Gasteiger partial charge in [-0.1, -0.05) is 0 Å². The van der Waals surface area contributed by atoms with Crippen molar-refractivity contribution in [2.75, 3.05) is 0 Å². The Kier molecular flexibility index (Phi) is 2.83. The molecule has 1 aliphatic rings. The average molecular weight is 292 g/mol. The molecule has 1 N–H and O–H groups in total. The molecule has 0 bridgehead atoms. The molecule has 0 radical (unpaired) electrons. The lowest BCUT2D eigenvalue weighted by molar-refractivity contribution is 0.913. The lowest BCUT2D eigenvalue weighted by Gasteiger charge is -1.93. The molecule has 0 amide bonds. The monoisotopic (exact) mass is 292 g/mol. The van der Waals surface area contributed by atoms with Gasteiger partial charge >= 0.3 is 0 Å². The number of pyridine rings is 1. The molecule has 0 fully saturated rings. The molecule has 4 nitrogen and oxygen atoms in total. The van der Waals surface area contributed by atoms with Crippen LogP contribution in [0.2, 0.25) is 0 Å². The zero-order chi connectivity index (χ0) is 14.2. The molecule has 4 rings (SSSR count). The lowest BCUT2D eigenvalue weighted by Crippen LogP contribution is -1.81. The number of thiophene rings is 1. The molecule has 5 heteroatoms. The van der Waals surface area contributed by atoms with E-state index in [1.807, 2.05) is 24.5 Å². The number of hydrogen-bond donors (Lipinski definition) is 1. The summed E-state index contributed by atoms with van der Waals surface area (Å²) in [5.41, 5.74) is 3.83.